The summed E-state index contributed by atoms with van der Waals surface area (Å²) in [7, 11) is 0. The van der Waals surface area contributed by atoms with Crippen molar-refractivity contribution in [1.29, 1.82) is 0 Å². The third kappa shape index (κ3) is 34.1. The highest BCUT2D eigenvalue weighted by atomic mass is 16.5. The van der Waals surface area contributed by atoms with Crippen molar-refractivity contribution in [3.8, 4) is 0 Å². The Balaban J connectivity index is 0. The molecular formula is C9H20O3. The first-order valence-corrected chi connectivity index (χ1v) is 4.17. The summed E-state index contributed by atoms with van der Waals surface area (Å²) >= 11 is 0. The standard InChI is InChI=1S/C6H12O2.C3H8O/c1-5(2)4-8-6(3)7;1-3(2)4/h5H,4H2,1-3H3;3-4H,1-2H3. The van der Waals surface area contributed by atoms with Crippen LogP contribution in [-0.4, -0.2) is 23.8 Å². The number of ether oxygens (including phenoxy) is 1. The van der Waals surface area contributed by atoms with Crippen LogP contribution in [0, 0.1) is 5.92 Å². The molecule has 1 N–H and O–H groups in total. The van der Waals surface area contributed by atoms with Crippen LogP contribution in [0.4, 0.5) is 0 Å². The Bertz CT molecular complexity index is 106. The molecule has 0 aliphatic carbocycles. The number of aliphatic hydroxyl groups is 1. The van der Waals surface area contributed by atoms with Gasteiger partial charge in [0.2, 0.25) is 0 Å². The number of hydrogen-bond acceptors (Lipinski definition) is 3. The number of aliphatic hydroxyl groups excluding tert-OH is 1. The molecule has 3 heteroatoms. The second kappa shape index (κ2) is 8.53. The third-order valence-corrected chi connectivity index (χ3v) is 0.620. The highest BCUT2D eigenvalue weighted by Crippen LogP contribution is 1.91. The van der Waals surface area contributed by atoms with Crippen molar-refractivity contribution in [2.45, 2.75) is 40.7 Å². The van der Waals surface area contributed by atoms with Gasteiger partial charge in [-0.15, -0.1) is 0 Å². The highest BCUT2D eigenvalue weighted by molar-refractivity contribution is 5.65. The van der Waals surface area contributed by atoms with Gasteiger partial charge < -0.3 is 9.84 Å². The van der Waals surface area contributed by atoms with Crippen LogP contribution in [0.3, 0.4) is 0 Å². The van der Waals surface area contributed by atoms with E-state index in [1.807, 2.05) is 13.8 Å². The van der Waals surface area contributed by atoms with Gasteiger partial charge in [0.1, 0.15) is 0 Å². The topological polar surface area (TPSA) is 46.5 Å². The van der Waals surface area contributed by atoms with E-state index in [-0.39, 0.29) is 12.1 Å². The second-order valence-electron chi connectivity index (χ2n) is 3.29. The normalized spacial score (nSPS) is 9.33. The first-order chi connectivity index (χ1) is 5.36. The van der Waals surface area contributed by atoms with Gasteiger partial charge in [0.05, 0.1) is 6.61 Å². The fraction of sp³-hybridized carbons (Fsp3) is 0.889. The molecule has 0 bridgehead atoms. The van der Waals surface area contributed by atoms with Gasteiger partial charge in [-0.1, -0.05) is 13.8 Å². The van der Waals surface area contributed by atoms with E-state index in [4.69, 9.17) is 5.11 Å². The molecule has 0 fully saturated rings. The van der Waals surface area contributed by atoms with Crippen LogP contribution >= 0.6 is 0 Å². The molecule has 3 nitrogen and oxygen atoms in total. The number of carbonyl (C=O) groups excluding carboxylic acids is 1. The zero-order chi connectivity index (χ0) is 10.1. The average Bonchev–Trinajstić information content (AvgIpc) is 1.82. The Morgan fingerprint density at radius 2 is 1.67 bits per heavy atom. The van der Waals surface area contributed by atoms with Gasteiger partial charge in [-0.2, -0.15) is 0 Å². The fourth-order valence-electron chi connectivity index (χ4n) is 0.284. The summed E-state index contributed by atoms with van der Waals surface area (Å²) in [6.07, 6.45) is -0.167. The summed E-state index contributed by atoms with van der Waals surface area (Å²) in [5, 5.41) is 8.06. The molecule has 0 amide bonds. The Hall–Kier alpha value is -0.570. The summed E-state index contributed by atoms with van der Waals surface area (Å²) in [6.45, 7) is 9.41. The zero-order valence-electron chi connectivity index (χ0n) is 8.63. The Morgan fingerprint density at radius 1 is 1.33 bits per heavy atom. The van der Waals surface area contributed by atoms with Gasteiger partial charge in [0, 0.05) is 13.0 Å². The van der Waals surface area contributed by atoms with E-state index in [0.29, 0.717) is 12.5 Å². The quantitative estimate of drug-likeness (QED) is 0.650. The minimum Gasteiger partial charge on any atom is -0.466 e. The van der Waals surface area contributed by atoms with Crippen LogP contribution in [0.15, 0.2) is 0 Å². The summed E-state index contributed by atoms with van der Waals surface area (Å²) < 4.78 is 4.66. The molecule has 0 atom stereocenters. The van der Waals surface area contributed by atoms with Gasteiger partial charge >= 0.3 is 5.97 Å². The van der Waals surface area contributed by atoms with E-state index in [1.54, 1.807) is 13.8 Å². The minimum atomic E-state index is -0.196. The maximum Gasteiger partial charge on any atom is 0.302 e. The zero-order valence-corrected chi connectivity index (χ0v) is 8.63. The molecule has 0 aliphatic heterocycles. The van der Waals surface area contributed by atoms with Crippen molar-refractivity contribution in [2.75, 3.05) is 6.61 Å². The molecule has 0 aliphatic rings. The molecule has 0 saturated heterocycles. The van der Waals surface area contributed by atoms with E-state index in [1.165, 1.54) is 6.92 Å². The first-order valence-electron chi connectivity index (χ1n) is 4.17. The lowest BCUT2D eigenvalue weighted by Gasteiger charge is -2.02. The molecule has 0 saturated carbocycles. The van der Waals surface area contributed by atoms with E-state index in [9.17, 15) is 4.79 Å². The third-order valence-electron chi connectivity index (χ3n) is 0.620. The SMILES string of the molecule is CC(=O)OCC(C)C.CC(C)O. The van der Waals surface area contributed by atoms with Crippen molar-refractivity contribution in [3.63, 3.8) is 0 Å². The van der Waals surface area contributed by atoms with Crippen LogP contribution in [0.25, 0.3) is 0 Å². The molecule has 12 heavy (non-hydrogen) atoms. The van der Waals surface area contributed by atoms with Gasteiger partial charge in [0.15, 0.2) is 0 Å². The van der Waals surface area contributed by atoms with Crippen LogP contribution in [-0.2, 0) is 9.53 Å². The van der Waals surface area contributed by atoms with Crippen LogP contribution in [0.2, 0.25) is 0 Å². The number of rotatable bonds is 2. The van der Waals surface area contributed by atoms with Gasteiger partial charge in [-0.25, -0.2) is 0 Å². The second-order valence-corrected chi connectivity index (χ2v) is 3.29. The van der Waals surface area contributed by atoms with E-state index >= 15 is 0 Å². The summed E-state index contributed by atoms with van der Waals surface area (Å²) in [6, 6.07) is 0. The summed E-state index contributed by atoms with van der Waals surface area (Å²) in [4.78, 5) is 10.1. The minimum absolute atomic E-state index is 0.167. The lowest BCUT2D eigenvalue weighted by Crippen LogP contribution is -2.05. The Kier molecular flexibility index (Phi) is 9.93. The average molecular weight is 176 g/mol. The van der Waals surface area contributed by atoms with Gasteiger partial charge in [-0.3, -0.25) is 4.79 Å². The molecular weight excluding hydrogens is 156 g/mol. The van der Waals surface area contributed by atoms with E-state index in [2.05, 4.69) is 4.74 Å². The molecule has 0 spiro atoms. The number of hydrogen-bond donors (Lipinski definition) is 1. The lowest BCUT2D eigenvalue weighted by atomic mass is 10.2. The van der Waals surface area contributed by atoms with Crippen molar-refractivity contribution >= 4 is 5.97 Å². The van der Waals surface area contributed by atoms with Crippen LogP contribution in [0.5, 0.6) is 0 Å². The lowest BCUT2D eigenvalue weighted by molar-refractivity contribution is -0.141. The van der Waals surface area contributed by atoms with Crippen LogP contribution in [0.1, 0.15) is 34.6 Å². The smallest absolute Gasteiger partial charge is 0.302 e. The Labute approximate surface area is 74.7 Å². The predicted octanol–water partition coefficient (Wildman–Crippen LogP) is 1.59. The maximum atomic E-state index is 10.1. The molecule has 0 radical (unpaired) electrons. The molecule has 0 rings (SSSR count). The Morgan fingerprint density at radius 3 is 1.75 bits per heavy atom. The van der Waals surface area contributed by atoms with E-state index in [0.717, 1.165) is 0 Å². The van der Waals surface area contributed by atoms with Crippen molar-refractivity contribution in [1.82, 2.24) is 0 Å². The molecule has 0 unspecified atom stereocenters. The highest BCUT2D eigenvalue weighted by Gasteiger charge is 1.94. The van der Waals surface area contributed by atoms with E-state index < -0.39 is 0 Å². The molecule has 0 heterocycles. The maximum absolute atomic E-state index is 10.1. The van der Waals surface area contributed by atoms with Crippen LogP contribution < -0.4 is 0 Å². The summed E-state index contributed by atoms with van der Waals surface area (Å²) in [5.41, 5.74) is 0. The predicted molar refractivity (Wildman–Crippen MR) is 48.8 cm³/mol. The molecule has 0 aromatic rings. The first kappa shape index (κ1) is 14.0. The van der Waals surface area contributed by atoms with Crippen molar-refractivity contribution in [3.05, 3.63) is 0 Å². The number of carbonyl (C=O) groups is 1. The largest absolute Gasteiger partial charge is 0.466 e. The molecule has 74 valence electrons. The van der Waals surface area contributed by atoms with Gasteiger partial charge in [-0.05, 0) is 19.8 Å². The summed E-state index contributed by atoms with van der Waals surface area (Å²) in [5.74, 6) is 0.248. The molecule has 0 aromatic carbocycles. The van der Waals surface area contributed by atoms with Crippen molar-refractivity contribution in [2.24, 2.45) is 5.92 Å². The number of esters is 1. The van der Waals surface area contributed by atoms with Gasteiger partial charge in [0.25, 0.3) is 0 Å². The molecule has 0 aromatic heterocycles. The van der Waals surface area contributed by atoms with Crippen molar-refractivity contribution < 1.29 is 14.6 Å². The fourth-order valence-corrected chi connectivity index (χ4v) is 0.284. The monoisotopic (exact) mass is 176 g/mol.